The second kappa shape index (κ2) is 5.66. The van der Waals surface area contributed by atoms with Crippen molar-refractivity contribution < 1.29 is 0 Å². The molecule has 0 bridgehead atoms. The lowest BCUT2D eigenvalue weighted by molar-refractivity contribution is 0.616. The first-order valence-electron chi connectivity index (χ1n) is 6.80. The quantitative estimate of drug-likeness (QED) is 0.636. The van der Waals surface area contributed by atoms with Crippen molar-refractivity contribution in [1.29, 1.82) is 0 Å². The van der Waals surface area contributed by atoms with Crippen LogP contribution >= 0.6 is 23.2 Å². The van der Waals surface area contributed by atoms with Gasteiger partial charge in [-0.3, -0.25) is 4.98 Å². The Hall–Kier alpha value is -1.58. The summed E-state index contributed by atoms with van der Waals surface area (Å²) in [7, 11) is 0. The summed E-state index contributed by atoms with van der Waals surface area (Å²) in [6.07, 6.45) is 3.62. The zero-order valence-electron chi connectivity index (χ0n) is 11.8. The number of pyridine rings is 1. The first-order valence-corrected chi connectivity index (χ1v) is 7.61. The number of halogens is 2. The predicted octanol–water partition coefficient (Wildman–Crippen LogP) is 4.99. The summed E-state index contributed by atoms with van der Waals surface area (Å²) in [5.41, 5.74) is 2.87. The highest BCUT2D eigenvalue weighted by Crippen LogP contribution is 2.34. The van der Waals surface area contributed by atoms with Crippen LogP contribution in [0, 0.1) is 0 Å². The van der Waals surface area contributed by atoms with Gasteiger partial charge in [0.25, 0.3) is 0 Å². The summed E-state index contributed by atoms with van der Waals surface area (Å²) in [6, 6.07) is 9.76. The Labute approximate surface area is 133 Å². The van der Waals surface area contributed by atoms with Crippen molar-refractivity contribution in [3.63, 3.8) is 0 Å². The highest BCUT2D eigenvalue weighted by Gasteiger charge is 2.21. The molecule has 0 saturated carbocycles. The molecule has 0 amide bonds. The number of nitrogens with zero attached hydrogens (tertiary/aromatic N) is 3. The monoisotopic (exact) mass is 319 g/mol. The van der Waals surface area contributed by atoms with E-state index >= 15 is 0 Å². The van der Waals surface area contributed by atoms with E-state index in [9.17, 15) is 0 Å². The summed E-state index contributed by atoms with van der Waals surface area (Å²) < 4.78 is 2.10. The van der Waals surface area contributed by atoms with Crippen LogP contribution in [0.25, 0.3) is 11.0 Å². The number of aromatic nitrogens is 3. The molecule has 0 N–H and O–H groups in total. The largest absolute Gasteiger partial charge is 0.318 e. The summed E-state index contributed by atoms with van der Waals surface area (Å²) in [5.74, 6) is 0.816. The first-order chi connectivity index (χ1) is 10.1. The van der Waals surface area contributed by atoms with Crippen molar-refractivity contribution in [2.45, 2.75) is 25.3 Å². The SMILES string of the molecule is CC(Cl)c1nc2cccc(Cl)c2n1C(C)c1cccnc1. The number of hydrogen-bond acceptors (Lipinski definition) is 2. The van der Waals surface area contributed by atoms with Crippen molar-refractivity contribution >= 4 is 34.2 Å². The molecule has 0 fully saturated rings. The van der Waals surface area contributed by atoms with Gasteiger partial charge in [0, 0.05) is 12.4 Å². The Bertz CT molecular complexity index is 766. The van der Waals surface area contributed by atoms with Gasteiger partial charge in [-0.1, -0.05) is 23.7 Å². The van der Waals surface area contributed by atoms with E-state index in [2.05, 4.69) is 21.5 Å². The Kier molecular flexibility index (Phi) is 3.87. The van der Waals surface area contributed by atoms with Crippen LogP contribution in [0.5, 0.6) is 0 Å². The topological polar surface area (TPSA) is 30.7 Å². The van der Waals surface area contributed by atoms with Crippen LogP contribution in [-0.4, -0.2) is 14.5 Å². The maximum absolute atomic E-state index is 6.39. The smallest absolute Gasteiger partial charge is 0.128 e. The predicted molar refractivity (Wildman–Crippen MR) is 87.1 cm³/mol. The Morgan fingerprint density at radius 3 is 2.62 bits per heavy atom. The fourth-order valence-corrected chi connectivity index (χ4v) is 2.98. The van der Waals surface area contributed by atoms with E-state index in [0.717, 1.165) is 22.4 Å². The van der Waals surface area contributed by atoms with E-state index in [1.54, 1.807) is 6.20 Å². The molecule has 2 heterocycles. The zero-order valence-corrected chi connectivity index (χ0v) is 13.3. The van der Waals surface area contributed by atoms with Crippen molar-refractivity contribution in [3.05, 3.63) is 59.1 Å². The lowest BCUT2D eigenvalue weighted by Crippen LogP contribution is -2.11. The average molecular weight is 320 g/mol. The van der Waals surface area contributed by atoms with Gasteiger partial charge >= 0.3 is 0 Å². The normalized spacial score (nSPS) is 14.3. The molecular formula is C16H15Cl2N3. The maximum Gasteiger partial charge on any atom is 0.128 e. The standard InChI is InChI=1S/C16H15Cl2N3/c1-10(17)16-20-14-7-3-6-13(18)15(14)21(16)11(2)12-5-4-8-19-9-12/h3-11H,1-2H3. The van der Waals surface area contributed by atoms with E-state index in [4.69, 9.17) is 23.2 Å². The van der Waals surface area contributed by atoms with Crippen molar-refractivity contribution in [2.24, 2.45) is 0 Å². The molecule has 0 saturated heterocycles. The van der Waals surface area contributed by atoms with Crippen LogP contribution < -0.4 is 0 Å². The van der Waals surface area contributed by atoms with Gasteiger partial charge in [0.1, 0.15) is 5.82 Å². The van der Waals surface area contributed by atoms with Crippen LogP contribution in [0.4, 0.5) is 0 Å². The zero-order chi connectivity index (χ0) is 15.0. The van der Waals surface area contributed by atoms with Gasteiger partial charge in [-0.25, -0.2) is 4.98 Å². The molecule has 3 rings (SSSR count). The number of imidazole rings is 1. The fourth-order valence-electron chi connectivity index (χ4n) is 2.57. The molecule has 108 valence electrons. The number of alkyl halides is 1. The van der Waals surface area contributed by atoms with Crippen LogP contribution in [0.2, 0.25) is 5.02 Å². The molecular weight excluding hydrogens is 305 g/mol. The molecule has 3 nitrogen and oxygen atoms in total. The van der Waals surface area contributed by atoms with Crippen molar-refractivity contribution in [2.75, 3.05) is 0 Å². The number of fused-ring (bicyclic) bond motifs is 1. The minimum Gasteiger partial charge on any atom is -0.318 e. The van der Waals surface area contributed by atoms with E-state index < -0.39 is 0 Å². The second-order valence-corrected chi connectivity index (χ2v) is 6.09. The van der Waals surface area contributed by atoms with Gasteiger partial charge in [-0.2, -0.15) is 0 Å². The molecule has 2 aromatic heterocycles. The Morgan fingerprint density at radius 2 is 1.95 bits per heavy atom. The summed E-state index contributed by atoms with van der Waals surface area (Å²) in [6.45, 7) is 4.02. The molecule has 2 atom stereocenters. The molecule has 21 heavy (non-hydrogen) atoms. The highest BCUT2D eigenvalue weighted by molar-refractivity contribution is 6.35. The van der Waals surface area contributed by atoms with Gasteiger partial charge in [0.2, 0.25) is 0 Å². The third-order valence-electron chi connectivity index (χ3n) is 3.60. The van der Waals surface area contributed by atoms with Crippen LogP contribution in [-0.2, 0) is 0 Å². The lowest BCUT2D eigenvalue weighted by Gasteiger charge is -2.19. The number of hydrogen-bond donors (Lipinski definition) is 0. The van der Waals surface area contributed by atoms with Crippen LogP contribution in [0.3, 0.4) is 0 Å². The molecule has 2 unspecified atom stereocenters. The molecule has 0 radical (unpaired) electrons. The van der Waals surface area contributed by atoms with E-state index in [1.165, 1.54) is 0 Å². The first kappa shape index (κ1) is 14.4. The Balaban J connectivity index is 2.27. The van der Waals surface area contributed by atoms with Crippen molar-refractivity contribution in [1.82, 2.24) is 14.5 Å². The van der Waals surface area contributed by atoms with Crippen LogP contribution in [0.1, 0.15) is 36.7 Å². The third kappa shape index (κ3) is 2.52. The van der Waals surface area contributed by atoms with Gasteiger partial charge < -0.3 is 4.57 Å². The molecule has 0 aliphatic carbocycles. The van der Waals surface area contributed by atoms with E-state index in [-0.39, 0.29) is 11.4 Å². The summed E-state index contributed by atoms with van der Waals surface area (Å²) in [4.78, 5) is 8.84. The highest BCUT2D eigenvalue weighted by atomic mass is 35.5. The summed E-state index contributed by atoms with van der Waals surface area (Å²) in [5, 5.41) is 0.479. The van der Waals surface area contributed by atoms with Gasteiger partial charge in [-0.15, -0.1) is 11.6 Å². The molecule has 0 spiro atoms. The third-order valence-corrected chi connectivity index (χ3v) is 4.10. The lowest BCUT2D eigenvalue weighted by atomic mass is 10.1. The van der Waals surface area contributed by atoms with E-state index in [1.807, 2.05) is 43.5 Å². The van der Waals surface area contributed by atoms with Crippen LogP contribution in [0.15, 0.2) is 42.7 Å². The molecule has 3 aromatic rings. The number of para-hydroxylation sites is 1. The minimum absolute atomic E-state index is 0.0554. The molecule has 5 heteroatoms. The number of benzene rings is 1. The van der Waals surface area contributed by atoms with Gasteiger partial charge in [0.05, 0.1) is 27.5 Å². The fraction of sp³-hybridized carbons (Fsp3) is 0.250. The minimum atomic E-state index is -0.201. The van der Waals surface area contributed by atoms with E-state index in [0.29, 0.717) is 5.02 Å². The molecule has 1 aromatic carbocycles. The van der Waals surface area contributed by atoms with Gasteiger partial charge in [-0.05, 0) is 37.6 Å². The average Bonchev–Trinajstić information content (AvgIpc) is 2.88. The van der Waals surface area contributed by atoms with Crippen molar-refractivity contribution in [3.8, 4) is 0 Å². The molecule has 0 aliphatic rings. The second-order valence-electron chi connectivity index (χ2n) is 5.03. The summed E-state index contributed by atoms with van der Waals surface area (Å²) >= 11 is 12.7. The molecule has 0 aliphatic heterocycles. The maximum atomic E-state index is 6.39. The Morgan fingerprint density at radius 1 is 1.14 bits per heavy atom. The van der Waals surface area contributed by atoms with Gasteiger partial charge in [0.15, 0.2) is 0 Å². The number of rotatable bonds is 3.